The number of methoxy groups -OCH3 is 1. The van der Waals surface area contributed by atoms with Gasteiger partial charge in [0.05, 0.1) is 35.8 Å². The number of rotatable bonds is 9. The zero-order valence-electron chi connectivity index (χ0n) is 15.8. The summed E-state index contributed by atoms with van der Waals surface area (Å²) in [6, 6.07) is 7.89. The average Bonchev–Trinajstić information content (AvgIpc) is 2.64. The first kappa shape index (κ1) is 19.7. The third-order valence-electron chi connectivity index (χ3n) is 4.49. The van der Waals surface area contributed by atoms with E-state index in [-0.39, 0.29) is 24.0 Å². The van der Waals surface area contributed by atoms with Gasteiger partial charge in [0.1, 0.15) is 17.2 Å². The second-order valence-corrected chi connectivity index (χ2v) is 6.54. The average molecular weight is 386 g/mol. The third kappa shape index (κ3) is 4.81. The predicted octanol–water partition coefficient (Wildman–Crippen LogP) is 2.27. The summed E-state index contributed by atoms with van der Waals surface area (Å²) in [5, 5.41) is 13.9. The van der Waals surface area contributed by atoms with E-state index in [2.05, 4.69) is 10.3 Å². The number of hydrogen-bond acceptors (Lipinski definition) is 8. The molecule has 0 amide bonds. The summed E-state index contributed by atoms with van der Waals surface area (Å²) in [6.07, 6.45) is 1.96. The number of ketones is 1. The van der Waals surface area contributed by atoms with Gasteiger partial charge in [0, 0.05) is 39.5 Å². The van der Waals surface area contributed by atoms with Gasteiger partial charge in [-0.3, -0.25) is 24.8 Å². The molecule has 1 fully saturated rings. The van der Waals surface area contributed by atoms with E-state index in [1.165, 1.54) is 6.07 Å². The fourth-order valence-electron chi connectivity index (χ4n) is 3.00. The zero-order chi connectivity index (χ0) is 20.1. The molecule has 1 aliphatic rings. The number of Topliss-reactive ketones (excluding diaryl/α,β-unsaturated/α-hetero) is 1. The molecule has 1 aromatic heterocycles. The summed E-state index contributed by atoms with van der Waals surface area (Å²) >= 11 is 0. The maximum Gasteiger partial charge on any atom is 0.296 e. The maximum atomic E-state index is 12.2. The molecule has 0 spiro atoms. The summed E-state index contributed by atoms with van der Waals surface area (Å²) < 4.78 is 10.9. The van der Waals surface area contributed by atoms with Gasteiger partial charge in [-0.1, -0.05) is 0 Å². The number of carbonyl (C=O) groups excluding carboxylic acids is 1. The lowest BCUT2D eigenvalue weighted by molar-refractivity contribution is -0.384. The van der Waals surface area contributed by atoms with Crippen molar-refractivity contribution in [2.45, 2.75) is 12.5 Å². The largest absolute Gasteiger partial charge is 0.457 e. The lowest BCUT2D eigenvalue weighted by atomic mass is 10.1. The van der Waals surface area contributed by atoms with Crippen molar-refractivity contribution < 1.29 is 19.2 Å². The Bertz CT molecular complexity index is 867. The lowest BCUT2D eigenvalue weighted by Gasteiger charge is -2.37. The first-order chi connectivity index (χ1) is 13.5. The molecule has 3 rings (SSSR count). The molecule has 0 atom stereocenters. The third-order valence-corrected chi connectivity index (χ3v) is 4.49. The minimum absolute atomic E-state index is 0.0632. The monoisotopic (exact) mass is 386 g/mol. The molecule has 2 aromatic rings. The van der Waals surface area contributed by atoms with Crippen LogP contribution in [0, 0.1) is 10.1 Å². The minimum Gasteiger partial charge on any atom is -0.457 e. The molecule has 1 saturated heterocycles. The molecule has 1 N–H and O–H groups in total. The second-order valence-electron chi connectivity index (χ2n) is 6.54. The first-order valence-corrected chi connectivity index (χ1v) is 8.84. The van der Waals surface area contributed by atoms with E-state index in [0.29, 0.717) is 29.4 Å². The van der Waals surface area contributed by atoms with Crippen molar-refractivity contribution in [2.75, 3.05) is 39.1 Å². The van der Waals surface area contributed by atoms with Gasteiger partial charge >= 0.3 is 0 Å². The number of benzene rings is 1. The van der Waals surface area contributed by atoms with Crippen LogP contribution in [0.1, 0.15) is 5.69 Å². The summed E-state index contributed by atoms with van der Waals surface area (Å²) in [5.74, 6) is 0.862. The van der Waals surface area contributed by atoms with Crippen LogP contribution in [0.2, 0.25) is 0 Å². The zero-order valence-corrected chi connectivity index (χ0v) is 15.8. The summed E-state index contributed by atoms with van der Waals surface area (Å²) in [5.41, 5.74) is 0.918. The summed E-state index contributed by atoms with van der Waals surface area (Å²) in [6.45, 7) is 1.89. The molecule has 0 unspecified atom stereocenters. The molecule has 9 heteroatoms. The molecule has 0 saturated carbocycles. The normalized spacial score (nSPS) is 14.4. The second kappa shape index (κ2) is 8.77. The van der Waals surface area contributed by atoms with Crippen molar-refractivity contribution in [1.82, 2.24) is 9.88 Å². The van der Waals surface area contributed by atoms with E-state index in [1.54, 1.807) is 44.6 Å². The topological polar surface area (TPSA) is 107 Å². The highest BCUT2D eigenvalue weighted by molar-refractivity contribution is 5.82. The van der Waals surface area contributed by atoms with E-state index in [9.17, 15) is 14.9 Å². The van der Waals surface area contributed by atoms with E-state index < -0.39 is 4.92 Å². The number of nitrogens with one attached hydrogen (secondary N) is 1. The van der Waals surface area contributed by atoms with Crippen LogP contribution in [0.4, 0.5) is 11.4 Å². The van der Waals surface area contributed by atoms with Gasteiger partial charge in [0.2, 0.25) is 0 Å². The van der Waals surface area contributed by atoms with Gasteiger partial charge in [-0.25, -0.2) is 0 Å². The Morgan fingerprint density at radius 3 is 2.75 bits per heavy atom. The van der Waals surface area contributed by atoms with Gasteiger partial charge in [-0.15, -0.1) is 0 Å². The van der Waals surface area contributed by atoms with Crippen LogP contribution in [0.5, 0.6) is 11.5 Å². The standard InChI is InChI=1S/C19H22N4O5/c1-20-18-4-3-15(9-19(18)23(25)26)28-16-5-6-21-13(8-16)7-14(24)10-22-11-17(12-22)27-2/h3-6,8-9,17,20H,7,10-12H2,1-2H3. The SMILES string of the molecule is CNc1ccc(Oc2ccnc(CC(=O)CN3CC(OC)C3)c2)cc1[N+](=O)[O-]. The van der Waals surface area contributed by atoms with Crippen molar-refractivity contribution in [3.63, 3.8) is 0 Å². The highest BCUT2D eigenvalue weighted by Gasteiger charge is 2.27. The Morgan fingerprint density at radius 1 is 1.32 bits per heavy atom. The molecule has 9 nitrogen and oxygen atoms in total. The van der Waals surface area contributed by atoms with Crippen LogP contribution in [0.3, 0.4) is 0 Å². The molecule has 28 heavy (non-hydrogen) atoms. The van der Waals surface area contributed by atoms with Crippen LogP contribution in [-0.2, 0) is 16.0 Å². The molecule has 148 valence electrons. The van der Waals surface area contributed by atoms with Crippen LogP contribution < -0.4 is 10.1 Å². The summed E-state index contributed by atoms with van der Waals surface area (Å²) in [7, 11) is 3.28. The Balaban J connectivity index is 1.63. The van der Waals surface area contributed by atoms with Crippen LogP contribution in [0.15, 0.2) is 36.5 Å². The Kier molecular flexibility index (Phi) is 6.17. The Hall–Kier alpha value is -3.04. The van der Waals surface area contributed by atoms with Crippen molar-refractivity contribution >= 4 is 17.2 Å². The Labute approximate surface area is 162 Å². The molecule has 2 heterocycles. The van der Waals surface area contributed by atoms with Gasteiger partial charge in [-0.05, 0) is 18.2 Å². The van der Waals surface area contributed by atoms with Gasteiger partial charge in [-0.2, -0.15) is 0 Å². The number of carbonyl (C=O) groups is 1. The van der Waals surface area contributed by atoms with Gasteiger partial charge in [0.15, 0.2) is 5.78 Å². The van der Waals surface area contributed by atoms with Gasteiger partial charge < -0.3 is 14.8 Å². The predicted molar refractivity (Wildman–Crippen MR) is 103 cm³/mol. The number of pyridine rings is 1. The van der Waals surface area contributed by atoms with E-state index in [4.69, 9.17) is 9.47 Å². The number of likely N-dealkylation sites (tertiary alicyclic amines) is 1. The molecule has 0 aliphatic carbocycles. The van der Waals surface area contributed by atoms with E-state index in [1.807, 2.05) is 4.90 Å². The highest BCUT2D eigenvalue weighted by atomic mass is 16.6. The van der Waals surface area contributed by atoms with Crippen LogP contribution in [0.25, 0.3) is 0 Å². The maximum absolute atomic E-state index is 12.2. The van der Waals surface area contributed by atoms with Crippen LogP contribution in [-0.4, -0.2) is 60.5 Å². The van der Waals surface area contributed by atoms with E-state index in [0.717, 1.165) is 13.1 Å². The van der Waals surface area contributed by atoms with Crippen molar-refractivity contribution in [1.29, 1.82) is 0 Å². The fourth-order valence-corrected chi connectivity index (χ4v) is 3.00. The number of ether oxygens (including phenoxy) is 2. The number of aromatic nitrogens is 1. The van der Waals surface area contributed by atoms with Crippen molar-refractivity contribution in [3.05, 3.63) is 52.3 Å². The fraction of sp³-hybridized carbons (Fsp3) is 0.368. The molecular weight excluding hydrogens is 364 g/mol. The van der Waals surface area contributed by atoms with E-state index >= 15 is 0 Å². The molecule has 0 radical (unpaired) electrons. The molecule has 1 aromatic carbocycles. The minimum atomic E-state index is -0.473. The first-order valence-electron chi connectivity index (χ1n) is 8.84. The number of nitrogens with zero attached hydrogens (tertiary/aromatic N) is 3. The quantitative estimate of drug-likeness (QED) is 0.517. The number of nitro groups is 1. The van der Waals surface area contributed by atoms with Crippen molar-refractivity contribution in [2.24, 2.45) is 0 Å². The number of nitro benzene ring substituents is 1. The smallest absolute Gasteiger partial charge is 0.296 e. The Morgan fingerprint density at radius 2 is 2.07 bits per heavy atom. The van der Waals surface area contributed by atoms with Crippen LogP contribution >= 0.6 is 0 Å². The summed E-state index contributed by atoms with van der Waals surface area (Å²) in [4.78, 5) is 29.2. The van der Waals surface area contributed by atoms with Crippen molar-refractivity contribution in [3.8, 4) is 11.5 Å². The molecular formula is C19H22N4O5. The van der Waals surface area contributed by atoms with Gasteiger partial charge in [0.25, 0.3) is 5.69 Å². The number of anilines is 1. The molecule has 1 aliphatic heterocycles. The lowest BCUT2D eigenvalue weighted by Crippen LogP contribution is -2.53. The number of hydrogen-bond donors (Lipinski definition) is 1. The highest BCUT2D eigenvalue weighted by Crippen LogP contribution is 2.31. The molecule has 0 bridgehead atoms.